The van der Waals surface area contributed by atoms with E-state index in [0.29, 0.717) is 17.1 Å². The standard InChI is InChI=1S/C18H16ClN5O/c1-12(23-7-3-6-20-23)8-15-10-18(25)24-17(21-15)11-16(22-24)13-4-2-5-14(19)9-13/h2-7,9-12,22H,8H2,1H3. The number of aromatic amines is 1. The quantitative estimate of drug-likeness (QED) is 0.611. The highest BCUT2D eigenvalue weighted by atomic mass is 35.5. The lowest BCUT2D eigenvalue weighted by Crippen LogP contribution is -2.17. The lowest BCUT2D eigenvalue weighted by atomic mass is 10.1. The van der Waals surface area contributed by atoms with Crippen LogP contribution < -0.4 is 5.56 Å². The number of nitrogens with zero attached hydrogens (tertiary/aromatic N) is 4. The minimum Gasteiger partial charge on any atom is -0.289 e. The highest BCUT2D eigenvalue weighted by Gasteiger charge is 2.12. The molecule has 0 fully saturated rings. The number of H-pyrrole nitrogens is 1. The second-order valence-electron chi connectivity index (χ2n) is 6.00. The number of benzene rings is 1. The predicted octanol–water partition coefficient (Wildman–Crippen LogP) is 3.34. The lowest BCUT2D eigenvalue weighted by molar-refractivity contribution is 0.484. The number of fused-ring (bicyclic) bond motifs is 1. The van der Waals surface area contributed by atoms with Gasteiger partial charge in [0.25, 0.3) is 5.56 Å². The molecule has 1 unspecified atom stereocenters. The van der Waals surface area contributed by atoms with Gasteiger partial charge in [-0.05, 0) is 25.1 Å². The Morgan fingerprint density at radius 2 is 2.12 bits per heavy atom. The van der Waals surface area contributed by atoms with Crippen molar-refractivity contribution in [2.45, 2.75) is 19.4 Å². The Morgan fingerprint density at radius 3 is 2.88 bits per heavy atom. The van der Waals surface area contributed by atoms with E-state index in [4.69, 9.17) is 11.6 Å². The summed E-state index contributed by atoms with van der Waals surface area (Å²) in [5, 5.41) is 7.96. The van der Waals surface area contributed by atoms with Crippen LogP contribution in [0.15, 0.2) is 59.7 Å². The van der Waals surface area contributed by atoms with Crippen molar-refractivity contribution < 1.29 is 0 Å². The van der Waals surface area contributed by atoms with Crippen LogP contribution in [-0.2, 0) is 6.42 Å². The molecule has 1 atom stereocenters. The molecule has 0 bridgehead atoms. The molecule has 0 amide bonds. The number of aromatic nitrogens is 5. The molecule has 7 heteroatoms. The summed E-state index contributed by atoms with van der Waals surface area (Å²) in [7, 11) is 0. The fourth-order valence-electron chi connectivity index (χ4n) is 2.89. The first-order valence-corrected chi connectivity index (χ1v) is 8.35. The second kappa shape index (κ2) is 6.22. The van der Waals surface area contributed by atoms with E-state index in [0.717, 1.165) is 17.0 Å². The van der Waals surface area contributed by atoms with E-state index in [9.17, 15) is 4.79 Å². The molecule has 126 valence electrons. The third-order valence-corrected chi connectivity index (χ3v) is 4.36. The Bertz CT molecular complexity index is 1080. The van der Waals surface area contributed by atoms with E-state index in [1.165, 1.54) is 4.52 Å². The fourth-order valence-corrected chi connectivity index (χ4v) is 3.08. The van der Waals surface area contributed by atoms with Crippen LogP contribution in [0.1, 0.15) is 18.7 Å². The summed E-state index contributed by atoms with van der Waals surface area (Å²) in [6.45, 7) is 2.05. The molecule has 0 radical (unpaired) electrons. The van der Waals surface area contributed by atoms with Gasteiger partial charge in [0, 0.05) is 41.5 Å². The van der Waals surface area contributed by atoms with Gasteiger partial charge in [0.2, 0.25) is 0 Å². The molecule has 3 heterocycles. The zero-order valence-electron chi connectivity index (χ0n) is 13.6. The average molecular weight is 354 g/mol. The smallest absolute Gasteiger partial charge is 0.272 e. The van der Waals surface area contributed by atoms with Crippen molar-refractivity contribution in [1.82, 2.24) is 24.4 Å². The first-order valence-electron chi connectivity index (χ1n) is 7.97. The number of nitrogens with one attached hydrogen (secondary N) is 1. The maximum atomic E-state index is 12.4. The van der Waals surface area contributed by atoms with Crippen molar-refractivity contribution in [3.63, 3.8) is 0 Å². The van der Waals surface area contributed by atoms with Crippen molar-refractivity contribution >= 4 is 17.2 Å². The van der Waals surface area contributed by atoms with E-state index in [-0.39, 0.29) is 11.6 Å². The van der Waals surface area contributed by atoms with Crippen LogP contribution in [-0.4, -0.2) is 24.4 Å². The Labute approximate surface area is 148 Å². The van der Waals surface area contributed by atoms with E-state index in [2.05, 4.69) is 15.2 Å². The number of halogens is 1. The van der Waals surface area contributed by atoms with Crippen molar-refractivity contribution in [2.75, 3.05) is 0 Å². The summed E-state index contributed by atoms with van der Waals surface area (Å²) < 4.78 is 3.30. The lowest BCUT2D eigenvalue weighted by Gasteiger charge is -2.11. The summed E-state index contributed by atoms with van der Waals surface area (Å²) in [5.41, 5.74) is 2.89. The monoisotopic (exact) mass is 353 g/mol. The van der Waals surface area contributed by atoms with E-state index < -0.39 is 0 Å². The van der Waals surface area contributed by atoms with Crippen LogP contribution in [0.3, 0.4) is 0 Å². The zero-order chi connectivity index (χ0) is 17.4. The van der Waals surface area contributed by atoms with Crippen molar-refractivity contribution in [2.24, 2.45) is 0 Å². The van der Waals surface area contributed by atoms with Gasteiger partial charge in [0.05, 0.1) is 17.4 Å². The van der Waals surface area contributed by atoms with Gasteiger partial charge >= 0.3 is 0 Å². The molecule has 4 rings (SSSR count). The van der Waals surface area contributed by atoms with Gasteiger partial charge in [-0.15, -0.1) is 0 Å². The fraction of sp³-hybridized carbons (Fsp3) is 0.167. The van der Waals surface area contributed by atoms with E-state index in [1.54, 1.807) is 12.3 Å². The Balaban J connectivity index is 1.71. The van der Waals surface area contributed by atoms with Gasteiger partial charge in [0.15, 0.2) is 5.65 Å². The first-order chi connectivity index (χ1) is 12.1. The predicted molar refractivity (Wildman–Crippen MR) is 96.9 cm³/mol. The second-order valence-corrected chi connectivity index (χ2v) is 6.44. The van der Waals surface area contributed by atoms with Crippen LogP contribution in [0.4, 0.5) is 0 Å². The third kappa shape index (κ3) is 3.08. The van der Waals surface area contributed by atoms with Gasteiger partial charge in [-0.1, -0.05) is 23.7 Å². The normalized spacial score (nSPS) is 12.6. The van der Waals surface area contributed by atoms with Crippen molar-refractivity contribution in [1.29, 1.82) is 0 Å². The van der Waals surface area contributed by atoms with E-state index in [1.807, 2.05) is 54.2 Å². The summed E-state index contributed by atoms with van der Waals surface area (Å²) >= 11 is 6.05. The summed E-state index contributed by atoms with van der Waals surface area (Å²) in [5.74, 6) is 0. The minimum atomic E-state index is -0.138. The van der Waals surface area contributed by atoms with Crippen LogP contribution >= 0.6 is 11.6 Å². The van der Waals surface area contributed by atoms with Crippen molar-refractivity contribution in [3.05, 3.63) is 75.9 Å². The van der Waals surface area contributed by atoms with E-state index >= 15 is 0 Å². The van der Waals surface area contributed by atoms with Crippen LogP contribution in [0.25, 0.3) is 16.9 Å². The topological polar surface area (TPSA) is 68.0 Å². The van der Waals surface area contributed by atoms with Gasteiger partial charge in [-0.25, -0.2) is 9.50 Å². The Morgan fingerprint density at radius 1 is 1.24 bits per heavy atom. The molecule has 0 spiro atoms. The SMILES string of the molecule is CC(Cc1cc(=O)n2[nH]c(-c3cccc(Cl)c3)cc2n1)n1cccn1. The molecule has 0 aliphatic heterocycles. The van der Waals surface area contributed by atoms with Crippen LogP contribution in [0.5, 0.6) is 0 Å². The maximum absolute atomic E-state index is 12.4. The molecule has 25 heavy (non-hydrogen) atoms. The maximum Gasteiger partial charge on any atom is 0.272 e. The molecule has 1 aromatic carbocycles. The minimum absolute atomic E-state index is 0.121. The first kappa shape index (κ1) is 15.7. The molecule has 6 nitrogen and oxygen atoms in total. The molecule has 3 aromatic heterocycles. The van der Waals surface area contributed by atoms with Gasteiger partial charge in [0.1, 0.15) is 0 Å². The van der Waals surface area contributed by atoms with Gasteiger partial charge in [-0.2, -0.15) is 5.10 Å². The van der Waals surface area contributed by atoms with Gasteiger partial charge < -0.3 is 0 Å². The average Bonchev–Trinajstić information content (AvgIpc) is 3.24. The summed E-state index contributed by atoms with van der Waals surface area (Å²) in [4.78, 5) is 17.0. The van der Waals surface area contributed by atoms with Gasteiger partial charge in [-0.3, -0.25) is 14.6 Å². The molecule has 1 N–H and O–H groups in total. The summed E-state index contributed by atoms with van der Waals surface area (Å²) in [6, 6.07) is 12.9. The largest absolute Gasteiger partial charge is 0.289 e. The Kier molecular flexibility index (Phi) is 3.89. The highest BCUT2D eigenvalue weighted by Crippen LogP contribution is 2.22. The van der Waals surface area contributed by atoms with Crippen molar-refractivity contribution in [3.8, 4) is 11.3 Å². The molecular weight excluding hydrogens is 338 g/mol. The molecule has 4 aromatic rings. The number of hydrogen-bond donors (Lipinski definition) is 1. The van der Waals surface area contributed by atoms with Crippen LogP contribution in [0.2, 0.25) is 5.02 Å². The Hall–Kier alpha value is -2.86. The van der Waals surface area contributed by atoms with Crippen LogP contribution in [0, 0.1) is 0 Å². The number of hydrogen-bond acceptors (Lipinski definition) is 3. The molecule has 0 aliphatic carbocycles. The zero-order valence-corrected chi connectivity index (χ0v) is 14.3. The molecule has 0 aliphatic rings. The summed E-state index contributed by atoms with van der Waals surface area (Å²) in [6.07, 6.45) is 4.28. The number of rotatable bonds is 4. The molecule has 0 saturated heterocycles. The molecular formula is C18H16ClN5O. The molecule has 0 saturated carbocycles. The highest BCUT2D eigenvalue weighted by molar-refractivity contribution is 6.30. The third-order valence-electron chi connectivity index (χ3n) is 4.12.